The molecule has 0 amide bonds. The average molecular weight is 408 g/mol. The predicted molar refractivity (Wildman–Crippen MR) is 93.4 cm³/mol. The molecule has 3 aromatic heterocycles. The molecule has 146 valence electrons. The molecular formula is C19H18FN4NaO4. The number of hydrogen-bond acceptors (Lipinski definition) is 8. The van der Waals surface area contributed by atoms with Crippen molar-refractivity contribution in [1.29, 1.82) is 0 Å². The summed E-state index contributed by atoms with van der Waals surface area (Å²) >= 11 is 0. The zero-order chi connectivity index (χ0) is 19.7. The fourth-order valence-corrected chi connectivity index (χ4v) is 3.03. The van der Waals surface area contributed by atoms with Crippen molar-refractivity contribution in [3.63, 3.8) is 0 Å². The van der Waals surface area contributed by atoms with Crippen LogP contribution in [0.5, 0.6) is 17.6 Å². The van der Waals surface area contributed by atoms with Gasteiger partial charge in [-0.15, -0.1) is 0 Å². The molecule has 0 radical (unpaired) electrons. The third-order valence-corrected chi connectivity index (χ3v) is 4.37. The van der Waals surface area contributed by atoms with Gasteiger partial charge in [-0.2, -0.15) is 0 Å². The maximum absolute atomic E-state index is 15.1. The van der Waals surface area contributed by atoms with E-state index in [9.17, 15) is 5.11 Å². The van der Waals surface area contributed by atoms with Crippen LogP contribution >= 0.6 is 0 Å². The Hall–Kier alpha value is -2.23. The van der Waals surface area contributed by atoms with Crippen LogP contribution in [0.1, 0.15) is 32.3 Å². The number of aromatic nitrogens is 4. The Morgan fingerprint density at radius 2 is 1.97 bits per heavy atom. The molecule has 3 heterocycles. The van der Waals surface area contributed by atoms with Crippen molar-refractivity contribution in [1.82, 2.24) is 20.1 Å². The van der Waals surface area contributed by atoms with Gasteiger partial charge in [-0.1, -0.05) is 5.16 Å². The number of pyridine rings is 1. The van der Waals surface area contributed by atoms with Gasteiger partial charge in [-0.25, -0.2) is 19.3 Å². The second-order valence-electron chi connectivity index (χ2n) is 6.93. The van der Waals surface area contributed by atoms with Gasteiger partial charge in [0.05, 0.1) is 18.5 Å². The first-order valence-corrected chi connectivity index (χ1v) is 8.86. The van der Waals surface area contributed by atoms with E-state index in [4.69, 9.17) is 14.0 Å². The smallest absolute Gasteiger partial charge is 0.856 e. The van der Waals surface area contributed by atoms with Crippen LogP contribution in [0, 0.1) is 0 Å². The summed E-state index contributed by atoms with van der Waals surface area (Å²) in [6.45, 7) is 3.78. The Morgan fingerprint density at radius 3 is 2.59 bits per heavy atom. The van der Waals surface area contributed by atoms with Crippen LogP contribution in [0.4, 0.5) is 4.39 Å². The van der Waals surface area contributed by atoms with Crippen molar-refractivity contribution in [2.45, 2.75) is 44.6 Å². The number of rotatable bonds is 6. The van der Waals surface area contributed by atoms with E-state index in [2.05, 4.69) is 20.1 Å². The second-order valence-corrected chi connectivity index (χ2v) is 6.93. The molecule has 8 nitrogen and oxygen atoms in total. The third kappa shape index (κ3) is 4.85. The normalized spacial score (nSPS) is 20.6. The molecular weight excluding hydrogens is 390 g/mol. The van der Waals surface area contributed by atoms with Crippen molar-refractivity contribution < 1.29 is 53.1 Å². The number of halogens is 1. The molecule has 0 unspecified atom stereocenters. The molecule has 1 aliphatic rings. The van der Waals surface area contributed by atoms with E-state index >= 15 is 4.39 Å². The molecule has 0 N–H and O–H groups in total. The van der Waals surface area contributed by atoms with Gasteiger partial charge in [-0.05, 0) is 25.5 Å². The quantitative estimate of drug-likeness (QED) is 0.516. The van der Waals surface area contributed by atoms with E-state index in [1.165, 1.54) is 18.5 Å². The summed E-state index contributed by atoms with van der Waals surface area (Å²) in [5.74, 6) is 0.428. The van der Waals surface area contributed by atoms with E-state index in [1.54, 1.807) is 18.3 Å². The van der Waals surface area contributed by atoms with Crippen molar-refractivity contribution in [2.75, 3.05) is 0 Å². The van der Waals surface area contributed by atoms with E-state index in [0.717, 1.165) is 0 Å². The molecule has 1 aliphatic carbocycles. The van der Waals surface area contributed by atoms with Gasteiger partial charge < -0.3 is 19.1 Å². The van der Waals surface area contributed by atoms with Gasteiger partial charge >= 0.3 is 29.6 Å². The summed E-state index contributed by atoms with van der Waals surface area (Å²) in [4.78, 5) is 12.4. The topological polar surface area (TPSA) is 106 Å². The molecule has 4 rings (SSSR count). The number of alkyl halides is 1. The monoisotopic (exact) mass is 408 g/mol. The zero-order valence-corrected chi connectivity index (χ0v) is 18.3. The maximum atomic E-state index is 15.1. The van der Waals surface area contributed by atoms with Crippen molar-refractivity contribution in [3.8, 4) is 29.1 Å². The van der Waals surface area contributed by atoms with Crippen LogP contribution in [0.15, 0.2) is 41.3 Å². The molecule has 29 heavy (non-hydrogen) atoms. The van der Waals surface area contributed by atoms with Crippen LogP contribution in [-0.2, 0) is 5.67 Å². The van der Waals surface area contributed by atoms with Crippen LogP contribution in [0.2, 0.25) is 0 Å². The maximum Gasteiger partial charge on any atom is 1.00 e. The number of ether oxygens (including phenoxy) is 2. The Morgan fingerprint density at radius 1 is 1.17 bits per heavy atom. The Balaban J connectivity index is 0.00000240. The standard InChI is InChI=1S/C19H19FN4O4.Na/c1-11(2)26-17-5-12(3-4-21-17)19(20)7-13(8-19)27-18-10-22-14(9-23-18)15-6-16(25)24-28-15;/h3-6,9-11,13H,7-8H2,1-2H3,(H,24,25);/q;+1/p-1/t13-,19-;. The Bertz CT molecular complexity index is 961. The molecule has 0 atom stereocenters. The predicted octanol–water partition coefficient (Wildman–Crippen LogP) is -0.202. The minimum Gasteiger partial charge on any atom is -0.856 e. The third-order valence-electron chi connectivity index (χ3n) is 4.37. The molecule has 0 bridgehead atoms. The second kappa shape index (κ2) is 8.64. The minimum absolute atomic E-state index is 0. The first-order chi connectivity index (χ1) is 13.4. The fraction of sp³-hybridized carbons (Fsp3) is 0.368. The molecule has 10 heteroatoms. The summed E-state index contributed by atoms with van der Waals surface area (Å²) in [6.07, 6.45) is 4.41. The van der Waals surface area contributed by atoms with Gasteiger partial charge in [0.25, 0.3) is 0 Å². The van der Waals surface area contributed by atoms with E-state index in [-0.39, 0.29) is 66.2 Å². The number of nitrogens with zero attached hydrogens (tertiary/aromatic N) is 4. The molecule has 0 spiro atoms. The van der Waals surface area contributed by atoms with Gasteiger partial charge in [0.15, 0.2) is 5.76 Å². The van der Waals surface area contributed by atoms with Crippen LogP contribution in [-0.4, -0.2) is 32.3 Å². The average Bonchev–Trinajstić information content (AvgIpc) is 3.07. The van der Waals surface area contributed by atoms with Gasteiger partial charge in [-0.3, -0.25) is 0 Å². The van der Waals surface area contributed by atoms with Crippen molar-refractivity contribution in [3.05, 3.63) is 42.4 Å². The van der Waals surface area contributed by atoms with Crippen LogP contribution in [0.3, 0.4) is 0 Å². The summed E-state index contributed by atoms with van der Waals surface area (Å²) in [5.41, 5.74) is -0.594. The van der Waals surface area contributed by atoms with Crippen LogP contribution in [0.25, 0.3) is 11.5 Å². The largest absolute Gasteiger partial charge is 1.00 e. The fourth-order valence-electron chi connectivity index (χ4n) is 3.03. The minimum atomic E-state index is -1.49. The van der Waals surface area contributed by atoms with Gasteiger partial charge in [0.2, 0.25) is 11.8 Å². The summed E-state index contributed by atoms with van der Waals surface area (Å²) in [7, 11) is 0. The molecule has 0 aliphatic heterocycles. The molecule has 0 aromatic carbocycles. The van der Waals surface area contributed by atoms with Crippen LogP contribution < -0.4 is 44.1 Å². The van der Waals surface area contributed by atoms with E-state index in [0.29, 0.717) is 17.1 Å². The van der Waals surface area contributed by atoms with Gasteiger partial charge in [0.1, 0.15) is 17.5 Å². The van der Waals surface area contributed by atoms with Gasteiger partial charge in [0, 0.05) is 37.1 Å². The molecule has 3 aromatic rings. The molecule has 0 saturated heterocycles. The summed E-state index contributed by atoms with van der Waals surface area (Å²) in [6, 6.07) is 4.51. The summed E-state index contributed by atoms with van der Waals surface area (Å²) < 4.78 is 31.2. The number of hydrogen-bond donors (Lipinski definition) is 0. The SMILES string of the molecule is CC(C)Oc1cc([C@]2(F)C[C@H](Oc3cnc(-c4cc([O-])no4)cn3)C2)ccn1.[Na+]. The van der Waals surface area contributed by atoms with E-state index in [1.807, 2.05) is 13.8 Å². The Kier molecular flexibility index (Phi) is 6.40. The molecule has 1 saturated carbocycles. The summed E-state index contributed by atoms with van der Waals surface area (Å²) in [5, 5.41) is 14.3. The first kappa shape index (κ1) is 21.5. The van der Waals surface area contributed by atoms with Crippen molar-refractivity contribution in [2.24, 2.45) is 0 Å². The zero-order valence-electron chi connectivity index (χ0n) is 16.3. The van der Waals surface area contributed by atoms with E-state index < -0.39 is 11.5 Å². The van der Waals surface area contributed by atoms with Crippen molar-refractivity contribution >= 4 is 0 Å². The molecule has 1 fully saturated rings. The Labute approximate surface area is 188 Å². The first-order valence-electron chi connectivity index (χ1n) is 8.86.